The van der Waals surface area contributed by atoms with Gasteiger partial charge in [0.25, 0.3) is 5.91 Å². The topological polar surface area (TPSA) is 89.0 Å². The minimum absolute atomic E-state index is 0.269. The highest BCUT2D eigenvalue weighted by Gasteiger charge is 2.07. The van der Waals surface area contributed by atoms with Crippen molar-refractivity contribution in [1.82, 2.24) is 20.5 Å². The largest absolute Gasteiger partial charge is 0.383 e. The minimum Gasteiger partial charge on any atom is -0.383 e. The predicted molar refractivity (Wildman–Crippen MR) is 77.8 cm³/mol. The van der Waals surface area contributed by atoms with E-state index in [0.717, 1.165) is 5.56 Å². The Morgan fingerprint density at radius 1 is 1.29 bits per heavy atom. The van der Waals surface area contributed by atoms with Gasteiger partial charge in [-0.3, -0.25) is 9.78 Å². The van der Waals surface area contributed by atoms with Crippen LogP contribution in [0.4, 0.5) is 5.82 Å². The summed E-state index contributed by atoms with van der Waals surface area (Å²) >= 11 is 0. The number of anilines is 1. The Morgan fingerprint density at radius 3 is 2.86 bits per heavy atom. The summed E-state index contributed by atoms with van der Waals surface area (Å²) in [4.78, 5) is 15.9. The molecule has 0 atom stereocenters. The predicted octanol–water partition coefficient (Wildman–Crippen LogP) is 0.860. The summed E-state index contributed by atoms with van der Waals surface area (Å²) in [7, 11) is 1.63. The Hall–Kier alpha value is -2.54. The molecule has 0 unspecified atom stereocenters. The van der Waals surface area contributed by atoms with E-state index in [1.807, 2.05) is 12.1 Å². The summed E-state index contributed by atoms with van der Waals surface area (Å²) in [5.41, 5.74) is 1.20. The molecule has 7 nitrogen and oxygen atoms in total. The molecule has 0 bridgehead atoms. The molecule has 0 aliphatic carbocycles. The van der Waals surface area contributed by atoms with Gasteiger partial charge < -0.3 is 15.4 Å². The molecule has 0 aliphatic heterocycles. The molecule has 0 saturated heterocycles. The smallest absolute Gasteiger partial charge is 0.272 e. The first-order valence-electron chi connectivity index (χ1n) is 6.53. The summed E-state index contributed by atoms with van der Waals surface area (Å²) in [5.74, 6) is 0.339. The fourth-order valence-electron chi connectivity index (χ4n) is 1.60. The Balaban J connectivity index is 1.85. The third-order valence-electron chi connectivity index (χ3n) is 2.69. The van der Waals surface area contributed by atoms with Crippen LogP contribution in [0.5, 0.6) is 0 Å². The number of nitrogens with one attached hydrogen (secondary N) is 2. The molecule has 2 N–H and O–H groups in total. The van der Waals surface area contributed by atoms with Crippen LogP contribution in [0, 0.1) is 0 Å². The summed E-state index contributed by atoms with van der Waals surface area (Å²) in [5, 5.41) is 13.6. The molecule has 1 amide bonds. The zero-order valence-corrected chi connectivity index (χ0v) is 11.7. The first-order chi connectivity index (χ1) is 10.3. The number of hydrogen-bond acceptors (Lipinski definition) is 6. The summed E-state index contributed by atoms with van der Waals surface area (Å²) in [6.45, 7) is 1.62. The van der Waals surface area contributed by atoms with Gasteiger partial charge in [0.05, 0.1) is 6.61 Å². The normalized spacial score (nSPS) is 10.1. The van der Waals surface area contributed by atoms with Gasteiger partial charge in [-0.05, 0) is 23.8 Å². The van der Waals surface area contributed by atoms with E-state index in [0.29, 0.717) is 25.5 Å². The number of amides is 1. The lowest BCUT2D eigenvalue weighted by Crippen LogP contribution is -2.24. The molecule has 2 aromatic heterocycles. The average Bonchev–Trinajstić information content (AvgIpc) is 2.54. The van der Waals surface area contributed by atoms with E-state index >= 15 is 0 Å². The average molecular weight is 287 g/mol. The molecule has 2 rings (SSSR count). The quantitative estimate of drug-likeness (QED) is 0.734. The third kappa shape index (κ3) is 4.81. The van der Waals surface area contributed by atoms with Crippen molar-refractivity contribution >= 4 is 11.7 Å². The number of methoxy groups -OCH3 is 1. The fraction of sp³-hybridized carbons (Fsp3) is 0.286. The van der Waals surface area contributed by atoms with Crippen LogP contribution in [-0.4, -0.2) is 41.3 Å². The van der Waals surface area contributed by atoms with Gasteiger partial charge in [0.15, 0.2) is 5.69 Å². The van der Waals surface area contributed by atoms with Crippen LogP contribution in [0.1, 0.15) is 16.1 Å². The van der Waals surface area contributed by atoms with Crippen molar-refractivity contribution in [3.8, 4) is 0 Å². The van der Waals surface area contributed by atoms with E-state index in [9.17, 15) is 4.79 Å². The highest BCUT2D eigenvalue weighted by molar-refractivity contribution is 5.92. The van der Waals surface area contributed by atoms with Gasteiger partial charge in [0.1, 0.15) is 5.82 Å². The van der Waals surface area contributed by atoms with Crippen LogP contribution in [0.3, 0.4) is 0 Å². The van der Waals surface area contributed by atoms with E-state index in [4.69, 9.17) is 4.74 Å². The third-order valence-corrected chi connectivity index (χ3v) is 2.69. The van der Waals surface area contributed by atoms with Crippen molar-refractivity contribution in [3.05, 3.63) is 47.9 Å². The molecule has 0 spiro atoms. The lowest BCUT2D eigenvalue weighted by molar-refractivity contribution is 0.0945. The van der Waals surface area contributed by atoms with Gasteiger partial charge in [-0.15, -0.1) is 10.2 Å². The van der Waals surface area contributed by atoms with Gasteiger partial charge in [-0.25, -0.2) is 0 Å². The molecule has 0 saturated carbocycles. The van der Waals surface area contributed by atoms with Crippen molar-refractivity contribution in [1.29, 1.82) is 0 Å². The van der Waals surface area contributed by atoms with Crippen molar-refractivity contribution in [2.75, 3.05) is 25.6 Å². The molecule has 2 aromatic rings. The maximum Gasteiger partial charge on any atom is 0.272 e. The first kappa shape index (κ1) is 14.9. The number of pyridine rings is 1. The van der Waals surface area contributed by atoms with Crippen molar-refractivity contribution in [2.45, 2.75) is 6.54 Å². The number of aromatic nitrogens is 3. The molecule has 21 heavy (non-hydrogen) atoms. The number of ether oxygens (including phenoxy) is 1. The van der Waals surface area contributed by atoms with Crippen LogP contribution in [0.15, 0.2) is 36.7 Å². The standard InChI is InChI=1S/C14H17N5O2/c1-21-8-7-16-13-5-4-12(18-19-13)14(20)17-10-11-3-2-6-15-9-11/h2-6,9H,7-8,10H2,1H3,(H,16,19)(H,17,20). The second-order valence-corrected chi connectivity index (χ2v) is 4.27. The van der Waals surface area contributed by atoms with E-state index in [1.165, 1.54) is 0 Å². The van der Waals surface area contributed by atoms with Gasteiger partial charge in [-0.2, -0.15) is 0 Å². The molecule has 0 fully saturated rings. The first-order valence-corrected chi connectivity index (χ1v) is 6.53. The number of nitrogens with zero attached hydrogens (tertiary/aromatic N) is 3. The van der Waals surface area contributed by atoms with Crippen LogP contribution in [-0.2, 0) is 11.3 Å². The Labute approximate surface area is 122 Å². The molecule has 110 valence electrons. The lowest BCUT2D eigenvalue weighted by atomic mass is 10.3. The zero-order chi connectivity index (χ0) is 14.9. The number of hydrogen-bond donors (Lipinski definition) is 2. The van der Waals surface area contributed by atoms with E-state index < -0.39 is 0 Å². The van der Waals surface area contributed by atoms with Crippen LogP contribution in [0.2, 0.25) is 0 Å². The summed E-state index contributed by atoms with van der Waals surface area (Å²) < 4.78 is 4.92. The Bertz CT molecular complexity index is 559. The molecule has 0 aliphatic rings. The van der Waals surface area contributed by atoms with Crippen LogP contribution in [0.25, 0.3) is 0 Å². The lowest BCUT2D eigenvalue weighted by Gasteiger charge is -2.06. The van der Waals surface area contributed by atoms with Gasteiger partial charge in [0.2, 0.25) is 0 Å². The van der Waals surface area contributed by atoms with E-state index in [1.54, 1.807) is 31.6 Å². The number of carbonyl (C=O) groups excluding carboxylic acids is 1. The number of rotatable bonds is 7. The molecule has 2 heterocycles. The maximum absolute atomic E-state index is 11.9. The summed E-state index contributed by atoms with van der Waals surface area (Å²) in [6, 6.07) is 7.05. The van der Waals surface area contributed by atoms with Crippen molar-refractivity contribution in [2.24, 2.45) is 0 Å². The molecular weight excluding hydrogens is 270 g/mol. The second kappa shape index (κ2) is 7.91. The van der Waals surface area contributed by atoms with Crippen LogP contribution >= 0.6 is 0 Å². The van der Waals surface area contributed by atoms with Gasteiger partial charge in [-0.1, -0.05) is 6.07 Å². The van der Waals surface area contributed by atoms with E-state index in [2.05, 4.69) is 25.8 Å². The van der Waals surface area contributed by atoms with Gasteiger partial charge >= 0.3 is 0 Å². The Morgan fingerprint density at radius 2 is 2.19 bits per heavy atom. The fourth-order valence-corrected chi connectivity index (χ4v) is 1.60. The maximum atomic E-state index is 11.9. The molecule has 0 radical (unpaired) electrons. The molecule has 7 heteroatoms. The van der Waals surface area contributed by atoms with Crippen molar-refractivity contribution in [3.63, 3.8) is 0 Å². The van der Waals surface area contributed by atoms with Gasteiger partial charge in [0, 0.05) is 32.6 Å². The Kier molecular flexibility index (Phi) is 5.60. The van der Waals surface area contributed by atoms with Crippen LogP contribution < -0.4 is 10.6 Å². The second-order valence-electron chi connectivity index (χ2n) is 4.27. The number of carbonyl (C=O) groups is 1. The molecular formula is C14H17N5O2. The monoisotopic (exact) mass is 287 g/mol. The van der Waals surface area contributed by atoms with Crippen molar-refractivity contribution < 1.29 is 9.53 Å². The molecule has 0 aromatic carbocycles. The highest BCUT2D eigenvalue weighted by Crippen LogP contribution is 2.02. The van der Waals surface area contributed by atoms with E-state index in [-0.39, 0.29) is 11.6 Å². The SMILES string of the molecule is COCCNc1ccc(C(=O)NCc2cccnc2)nn1. The minimum atomic E-state index is -0.269. The summed E-state index contributed by atoms with van der Waals surface area (Å²) in [6.07, 6.45) is 3.39. The zero-order valence-electron chi connectivity index (χ0n) is 11.7. The highest BCUT2D eigenvalue weighted by atomic mass is 16.5.